The lowest BCUT2D eigenvalue weighted by atomic mass is 10.0. The number of nitrogens with zero attached hydrogens (tertiary/aromatic N) is 2. The van der Waals surface area contributed by atoms with Gasteiger partial charge in [-0.3, -0.25) is 4.79 Å². The fourth-order valence-corrected chi connectivity index (χ4v) is 3.08. The number of carbonyl (C=O) groups is 1. The van der Waals surface area contributed by atoms with Crippen LogP contribution in [0.1, 0.15) is 26.2 Å². The number of likely N-dealkylation sites (tertiary alicyclic amines) is 1. The summed E-state index contributed by atoms with van der Waals surface area (Å²) >= 11 is 0. The predicted molar refractivity (Wildman–Crippen MR) is 68.9 cm³/mol. The Kier molecular flexibility index (Phi) is 4.05. The van der Waals surface area contributed by atoms with Crippen LogP contribution in [0.5, 0.6) is 0 Å². The molecule has 2 aliphatic heterocycles. The van der Waals surface area contributed by atoms with Gasteiger partial charge in [-0.1, -0.05) is 13.3 Å². The summed E-state index contributed by atoms with van der Waals surface area (Å²) in [4.78, 5) is 16.7. The van der Waals surface area contributed by atoms with Crippen molar-refractivity contribution >= 4 is 5.91 Å². The van der Waals surface area contributed by atoms with Crippen molar-refractivity contribution in [2.24, 2.45) is 5.92 Å². The number of nitrogens with one attached hydrogen (secondary N) is 1. The van der Waals surface area contributed by atoms with Crippen molar-refractivity contribution in [3.8, 4) is 0 Å². The van der Waals surface area contributed by atoms with E-state index in [0.717, 1.165) is 26.1 Å². The number of likely N-dealkylation sites (N-methyl/N-ethyl adjacent to an activating group) is 1. The van der Waals surface area contributed by atoms with Crippen molar-refractivity contribution in [3.63, 3.8) is 0 Å². The molecule has 0 aliphatic carbocycles. The van der Waals surface area contributed by atoms with E-state index >= 15 is 0 Å². The summed E-state index contributed by atoms with van der Waals surface area (Å²) in [5.41, 5.74) is 0. The molecule has 2 fully saturated rings. The molecular formula is C13H25N3O. The molecule has 2 aliphatic rings. The molecule has 0 aromatic rings. The smallest absolute Gasteiger partial charge is 0.239 e. The molecule has 4 nitrogen and oxygen atoms in total. The molecule has 1 amide bonds. The van der Waals surface area contributed by atoms with Gasteiger partial charge in [0.05, 0.1) is 6.04 Å². The van der Waals surface area contributed by atoms with Gasteiger partial charge < -0.3 is 15.1 Å². The second-order valence-corrected chi connectivity index (χ2v) is 5.75. The van der Waals surface area contributed by atoms with Gasteiger partial charge in [-0.25, -0.2) is 0 Å². The molecule has 4 heteroatoms. The summed E-state index contributed by atoms with van der Waals surface area (Å²) in [5, 5.41) is 3.35. The van der Waals surface area contributed by atoms with Crippen LogP contribution in [-0.2, 0) is 4.79 Å². The minimum atomic E-state index is 0.0804. The monoisotopic (exact) mass is 239 g/mol. The normalized spacial score (nSPS) is 34.4. The van der Waals surface area contributed by atoms with Crippen molar-refractivity contribution in [1.82, 2.24) is 15.1 Å². The van der Waals surface area contributed by atoms with Crippen LogP contribution in [0.25, 0.3) is 0 Å². The number of hydrogen-bond acceptors (Lipinski definition) is 3. The second kappa shape index (κ2) is 5.36. The van der Waals surface area contributed by atoms with E-state index in [4.69, 9.17) is 0 Å². The maximum Gasteiger partial charge on any atom is 0.239 e. The van der Waals surface area contributed by atoms with Crippen molar-refractivity contribution in [2.75, 3.05) is 33.7 Å². The fraction of sp³-hybridized carbons (Fsp3) is 0.923. The molecule has 2 saturated heterocycles. The summed E-state index contributed by atoms with van der Waals surface area (Å²) in [6.45, 7) is 5.05. The van der Waals surface area contributed by atoms with E-state index < -0.39 is 0 Å². The molecule has 2 rings (SSSR count). The fourth-order valence-electron chi connectivity index (χ4n) is 3.08. The lowest BCUT2D eigenvalue weighted by Crippen LogP contribution is -2.48. The van der Waals surface area contributed by atoms with Crippen LogP contribution < -0.4 is 5.32 Å². The number of carbonyl (C=O) groups excluding carboxylic acids is 1. The maximum absolute atomic E-state index is 12.4. The largest absolute Gasteiger partial charge is 0.339 e. The number of amides is 1. The van der Waals surface area contributed by atoms with Gasteiger partial charge in [-0.2, -0.15) is 0 Å². The summed E-state index contributed by atoms with van der Waals surface area (Å²) < 4.78 is 0. The molecule has 0 aromatic heterocycles. The zero-order chi connectivity index (χ0) is 12.4. The number of hydrogen-bond donors (Lipinski definition) is 1. The van der Waals surface area contributed by atoms with Gasteiger partial charge >= 0.3 is 0 Å². The minimum absolute atomic E-state index is 0.0804. The summed E-state index contributed by atoms with van der Waals surface area (Å²) in [6, 6.07) is 0.597. The van der Waals surface area contributed by atoms with Crippen LogP contribution in [0.4, 0.5) is 0 Å². The molecule has 17 heavy (non-hydrogen) atoms. The van der Waals surface area contributed by atoms with Crippen LogP contribution in [0.2, 0.25) is 0 Å². The Morgan fingerprint density at radius 1 is 1.29 bits per heavy atom. The van der Waals surface area contributed by atoms with Crippen LogP contribution >= 0.6 is 0 Å². The SMILES string of the molecule is CC1CN(C(=O)[C@H]2CCCCN2)CC1N(C)C. The molecule has 2 unspecified atom stereocenters. The van der Waals surface area contributed by atoms with Crippen LogP contribution in [0, 0.1) is 5.92 Å². The van der Waals surface area contributed by atoms with Gasteiger partial charge in [0, 0.05) is 19.1 Å². The predicted octanol–water partition coefficient (Wildman–Crippen LogP) is 0.537. The summed E-state index contributed by atoms with van der Waals surface area (Å²) in [6.07, 6.45) is 3.40. The number of rotatable bonds is 2. The molecule has 2 heterocycles. The summed E-state index contributed by atoms with van der Waals surface area (Å²) in [5.74, 6) is 0.901. The highest BCUT2D eigenvalue weighted by Crippen LogP contribution is 2.22. The Morgan fingerprint density at radius 2 is 2.06 bits per heavy atom. The average molecular weight is 239 g/mol. The lowest BCUT2D eigenvalue weighted by molar-refractivity contribution is -0.133. The van der Waals surface area contributed by atoms with E-state index in [1.165, 1.54) is 12.8 Å². The Bertz CT molecular complexity index is 274. The van der Waals surface area contributed by atoms with E-state index in [1.807, 2.05) is 0 Å². The first-order valence-corrected chi connectivity index (χ1v) is 6.78. The molecule has 0 bridgehead atoms. The lowest BCUT2D eigenvalue weighted by Gasteiger charge is -2.27. The molecule has 3 atom stereocenters. The third-order valence-corrected chi connectivity index (χ3v) is 4.16. The van der Waals surface area contributed by atoms with Gasteiger partial charge in [-0.05, 0) is 39.4 Å². The molecule has 1 N–H and O–H groups in total. The first-order chi connectivity index (χ1) is 8.09. The topological polar surface area (TPSA) is 35.6 Å². The highest BCUT2D eigenvalue weighted by atomic mass is 16.2. The van der Waals surface area contributed by atoms with Crippen LogP contribution in [0.3, 0.4) is 0 Å². The van der Waals surface area contributed by atoms with E-state index in [2.05, 4.69) is 36.1 Å². The Hall–Kier alpha value is -0.610. The standard InChI is InChI=1S/C13H25N3O/c1-10-8-16(9-12(10)15(2)3)13(17)11-6-4-5-7-14-11/h10-12,14H,4-9H2,1-3H3/t10?,11-,12?/m1/s1. The zero-order valence-corrected chi connectivity index (χ0v) is 11.3. The van der Waals surface area contributed by atoms with E-state index in [-0.39, 0.29) is 6.04 Å². The van der Waals surface area contributed by atoms with Crippen molar-refractivity contribution in [1.29, 1.82) is 0 Å². The van der Waals surface area contributed by atoms with E-state index in [9.17, 15) is 4.79 Å². The highest BCUT2D eigenvalue weighted by Gasteiger charge is 2.36. The highest BCUT2D eigenvalue weighted by molar-refractivity contribution is 5.82. The van der Waals surface area contributed by atoms with Gasteiger partial charge in [0.1, 0.15) is 0 Å². The van der Waals surface area contributed by atoms with Crippen LogP contribution in [0.15, 0.2) is 0 Å². The molecule has 0 aromatic carbocycles. The zero-order valence-electron chi connectivity index (χ0n) is 11.3. The molecule has 0 spiro atoms. The molecule has 0 saturated carbocycles. The Labute approximate surface area is 104 Å². The van der Waals surface area contributed by atoms with Crippen molar-refractivity contribution < 1.29 is 4.79 Å². The van der Waals surface area contributed by atoms with E-state index in [1.54, 1.807) is 0 Å². The number of piperidine rings is 1. The minimum Gasteiger partial charge on any atom is -0.339 e. The van der Waals surface area contributed by atoms with Gasteiger partial charge in [-0.15, -0.1) is 0 Å². The third kappa shape index (κ3) is 2.80. The van der Waals surface area contributed by atoms with Gasteiger partial charge in [0.15, 0.2) is 0 Å². The Balaban J connectivity index is 1.92. The van der Waals surface area contributed by atoms with Crippen LogP contribution in [-0.4, -0.2) is 61.5 Å². The van der Waals surface area contributed by atoms with Crippen molar-refractivity contribution in [3.05, 3.63) is 0 Å². The second-order valence-electron chi connectivity index (χ2n) is 5.75. The average Bonchev–Trinajstić information content (AvgIpc) is 2.71. The van der Waals surface area contributed by atoms with E-state index in [0.29, 0.717) is 17.9 Å². The molecule has 0 radical (unpaired) electrons. The quantitative estimate of drug-likeness (QED) is 0.764. The van der Waals surface area contributed by atoms with Crippen molar-refractivity contribution in [2.45, 2.75) is 38.3 Å². The van der Waals surface area contributed by atoms with Gasteiger partial charge in [0.25, 0.3) is 0 Å². The first-order valence-electron chi connectivity index (χ1n) is 6.78. The molecule has 98 valence electrons. The summed E-state index contributed by atoms with van der Waals surface area (Å²) in [7, 11) is 4.21. The maximum atomic E-state index is 12.4. The Morgan fingerprint density at radius 3 is 2.59 bits per heavy atom. The van der Waals surface area contributed by atoms with Gasteiger partial charge in [0.2, 0.25) is 5.91 Å². The molecular weight excluding hydrogens is 214 g/mol. The first kappa shape index (κ1) is 12.8. The third-order valence-electron chi connectivity index (χ3n) is 4.16.